The van der Waals surface area contributed by atoms with Crippen molar-refractivity contribution in [3.63, 3.8) is 0 Å². The Morgan fingerprint density at radius 3 is 2.94 bits per heavy atom. The summed E-state index contributed by atoms with van der Waals surface area (Å²) in [6.45, 7) is 0. The molecule has 4 nitrogen and oxygen atoms in total. The molecule has 1 unspecified atom stereocenters. The molecule has 3 rings (SSSR count). The summed E-state index contributed by atoms with van der Waals surface area (Å²) < 4.78 is 2.97. The standard InChI is InChI=1S/C10H16N4S2/c1-13(8-4-5-16-6-8)9-11-12-10(15)14(9)7-2-3-7/h7-8H,2-6H2,1H3,(H,12,15). The normalized spacial score (nSPS) is 24.9. The van der Waals surface area contributed by atoms with E-state index in [-0.39, 0.29) is 0 Å². The van der Waals surface area contributed by atoms with Crippen LogP contribution in [0, 0.1) is 4.77 Å². The van der Waals surface area contributed by atoms with Crippen molar-refractivity contribution >= 4 is 29.9 Å². The molecule has 16 heavy (non-hydrogen) atoms. The van der Waals surface area contributed by atoms with E-state index in [1.807, 2.05) is 11.8 Å². The third kappa shape index (κ3) is 1.78. The number of thioether (sulfide) groups is 1. The lowest BCUT2D eigenvalue weighted by atomic mass is 10.2. The smallest absolute Gasteiger partial charge is 0.226 e. The Morgan fingerprint density at radius 2 is 2.31 bits per heavy atom. The van der Waals surface area contributed by atoms with Crippen LogP contribution in [0.25, 0.3) is 0 Å². The van der Waals surface area contributed by atoms with E-state index in [4.69, 9.17) is 12.2 Å². The highest BCUT2D eigenvalue weighted by Crippen LogP contribution is 2.38. The van der Waals surface area contributed by atoms with Gasteiger partial charge >= 0.3 is 0 Å². The van der Waals surface area contributed by atoms with Gasteiger partial charge in [-0.05, 0) is 37.2 Å². The molecule has 6 heteroatoms. The summed E-state index contributed by atoms with van der Waals surface area (Å²) in [5, 5.41) is 7.31. The zero-order valence-corrected chi connectivity index (χ0v) is 11.0. The Bertz CT molecular complexity index is 428. The molecular weight excluding hydrogens is 240 g/mol. The van der Waals surface area contributed by atoms with Crippen LogP contribution >= 0.6 is 24.0 Å². The Hall–Kier alpha value is -0.490. The Kier molecular flexibility index (Phi) is 2.71. The molecule has 0 spiro atoms. The van der Waals surface area contributed by atoms with Crippen molar-refractivity contribution in [2.75, 3.05) is 23.5 Å². The van der Waals surface area contributed by atoms with Crippen LogP contribution in [0.15, 0.2) is 0 Å². The molecule has 2 heterocycles. The minimum atomic E-state index is 0.595. The molecule has 1 saturated carbocycles. The largest absolute Gasteiger partial charge is 0.340 e. The van der Waals surface area contributed by atoms with Crippen LogP contribution in [0.4, 0.5) is 5.95 Å². The lowest BCUT2D eigenvalue weighted by Crippen LogP contribution is -2.33. The maximum absolute atomic E-state index is 5.30. The number of rotatable bonds is 3. The molecule has 1 N–H and O–H groups in total. The number of anilines is 1. The third-order valence-electron chi connectivity index (χ3n) is 3.37. The summed E-state index contributed by atoms with van der Waals surface area (Å²) in [5.41, 5.74) is 0. The van der Waals surface area contributed by atoms with Crippen LogP contribution in [0.1, 0.15) is 25.3 Å². The van der Waals surface area contributed by atoms with Crippen LogP contribution in [-0.4, -0.2) is 39.4 Å². The summed E-state index contributed by atoms with van der Waals surface area (Å²) in [5.74, 6) is 3.50. The predicted octanol–water partition coefficient (Wildman–Crippen LogP) is 2.22. The topological polar surface area (TPSA) is 36.9 Å². The fourth-order valence-corrected chi connectivity index (χ4v) is 3.74. The molecule has 1 aromatic rings. The first-order valence-corrected chi connectivity index (χ1v) is 7.31. The van der Waals surface area contributed by atoms with Crippen molar-refractivity contribution in [3.8, 4) is 0 Å². The first-order valence-electron chi connectivity index (χ1n) is 5.75. The van der Waals surface area contributed by atoms with Crippen LogP contribution in [-0.2, 0) is 0 Å². The van der Waals surface area contributed by atoms with Crippen LogP contribution in [0.5, 0.6) is 0 Å². The van der Waals surface area contributed by atoms with Crippen molar-refractivity contribution in [1.82, 2.24) is 14.8 Å². The number of aromatic nitrogens is 3. The fourth-order valence-electron chi connectivity index (χ4n) is 2.20. The number of nitrogens with one attached hydrogen (secondary N) is 1. The Labute approximate surface area is 104 Å². The molecule has 1 aliphatic heterocycles. The minimum Gasteiger partial charge on any atom is -0.340 e. The monoisotopic (exact) mass is 256 g/mol. The summed E-state index contributed by atoms with van der Waals surface area (Å²) in [7, 11) is 2.14. The lowest BCUT2D eigenvalue weighted by molar-refractivity contribution is 0.638. The molecule has 2 fully saturated rings. The highest BCUT2D eigenvalue weighted by Gasteiger charge is 2.31. The van der Waals surface area contributed by atoms with Gasteiger partial charge in [-0.2, -0.15) is 11.8 Å². The second kappa shape index (κ2) is 4.07. The minimum absolute atomic E-state index is 0.595. The molecule has 2 aliphatic rings. The number of H-pyrrole nitrogens is 1. The Balaban J connectivity index is 1.89. The fraction of sp³-hybridized carbons (Fsp3) is 0.800. The second-order valence-electron chi connectivity index (χ2n) is 4.56. The molecule has 1 saturated heterocycles. The average Bonchev–Trinajstić information content (AvgIpc) is 2.82. The molecule has 1 aliphatic carbocycles. The summed E-state index contributed by atoms with van der Waals surface area (Å²) in [4.78, 5) is 2.30. The molecule has 0 bridgehead atoms. The zero-order valence-electron chi connectivity index (χ0n) is 9.35. The van der Waals surface area contributed by atoms with Crippen LogP contribution < -0.4 is 4.90 Å². The van der Waals surface area contributed by atoms with E-state index in [9.17, 15) is 0 Å². The van der Waals surface area contributed by atoms with E-state index < -0.39 is 0 Å². The van der Waals surface area contributed by atoms with E-state index in [1.165, 1.54) is 30.8 Å². The molecular formula is C10H16N4S2. The summed E-state index contributed by atoms with van der Waals surface area (Å²) in [6.07, 6.45) is 3.74. The van der Waals surface area contributed by atoms with Crippen LogP contribution in [0.3, 0.4) is 0 Å². The zero-order chi connectivity index (χ0) is 11.1. The van der Waals surface area contributed by atoms with Gasteiger partial charge < -0.3 is 4.90 Å². The van der Waals surface area contributed by atoms with Crippen molar-refractivity contribution in [2.24, 2.45) is 0 Å². The average molecular weight is 256 g/mol. The van der Waals surface area contributed by atoms with Gasteiger partial charge in [-0.3, -0.25) is 4.57 Å². The van der Waals surface area contributed by atoms with E-state index in [0.29, 0.717) is 12.1 Å². The molecule has 0 aromatic carbocycles. The first kappa shape index (κ1) is 10.7. The van der Waals surface area contributed by atoms with Crippen molar-refractivity contribution < 1.29 is 0 Å². The lowest BCUT2D eigenvalue weighted by Gasteiger charge is -2.24. The van der Waals surface area contributed by atoms with E-state index >= 15 is 0 Å². The quantitative estimate of drug-likeness (QED) is 0.841. The first-order chi connectivity index (χ1) is 7.77. The van der Waals surface area contributed by atoms with E-state index in [2.05, 4.69) is 26.7 Å². The molecule has 0 amide bonds. The van der Waals surface area contributed by atoms with Gasteiger partial charge in [0.1, 0.15) is 0 Å². The number of hydrogen-bond donors (Lipinski definition) is 1. The van der Waals surface area contributed by atoms with Crippen molar-refractivity contribution in [2.45, 2.75) is 31.3 Å². The SMILES string of the molecule is CN(c1n[nH]c(=S)n1C1CC1)C1CCSC1. The van der Waals surface area contributed by atoms with Gasteiger partial charge in [-0.25, -0.2) is 5.10 Å². The van der Waals surface area contributed by atoms with Gasteiger partial charge in [-0.15, -0.1) is 5.10 Å². The van der Waals surface area contributed by atoms with Gasteiger partial charge in [0.15, 0.2) is 4.77 Å². The highest BCUT2D eigenvalue weighted by atomic mass is 32.2. The molecule has 0 radical (unpaired) electrons. The Morgan fingerprint density at radius 1 is 1.50 bits per heavy atom. The van der Waals surface area contributed by atoms with Gasteiger partial charge in [0, 0.05) is 24.9 Å². The molecule has 1 aromatic heterocycles. The van der Waals surface area contributed by atoms with E-state index in [0.717, 1.165) is 10.7 Å². The number of hydrogen-bond acceptors (Lipinski definition) is 4. The third-order valence-corrected chi connectivity index (χ3v) is 4.80. The number of nitrogens with zero attached hydrogens (tertiary/aromatic N) is 3. The predicted molar refractivity (Wildman–Crippen MR) is 69.8 cm³/mol. The molecule has 1 atom stereocenters. The maximum Gasteiger partial charge on any atom is 0.226 e. The molecule has 88 valence electrons. The maximum atomic E-state index is 5.30. The summed E-state index contributed by atoms with van der Waals surface area (Å²) >= 11 is 7.32. The van der Waals surface area contributed by atoms with E-state index in [1.54, 1.807) is 0 Å². The van der Waals surface area contributed by atoms with Crippen molar-refractivity contribution in [3.05, 3.63) is 4.77 Å². The summed E-state index contributed by atoms with van der Waals surface area (Å²) in [6, 6.07) is 1.21. The second-order valence-corrected chi connectivity index (χ2v) is 6.09. The van der Waals surface area contributed by atoms with Gasteiger partial charge in [0.25, 0.3) is 0 Å². The van der Waals surface area contributed by atoms with Crippen LogP contribution in [0.2, 0.25) is 0 Å². The van der Waals surface area contributed by atoms with Crippen molar-refractivity contribution in [1.29, 1.82) is 0 Å². The van der Waals surface area contributed by atoms with Gasteiger partial charge in [0.2, 0.25) is 5.95 Å². The van der Waals surface area contributed by atoms with Gasteiger partial charge in [0.05, 0.1) is 0 Å². The van der Waals surface area contributed by atoms with Gasteiger partial charge in [-0.1, -0.05) is 0 Å². The number of aromatic amines is 1. The highest BCUT2D eigenvalue weighted by molar-refractivity contribution is 7.99.